The summed E-state index contributed by atoms with van der Waals surface area (Å²) in [6.07, 6.45) is 14.0. The second-order valence-electron chi connectivity index (χ2n) is 9.67. The molecule has 32 heavy (non-hydrogen) atoms. The summed E-state index contributed by atoms with van der Waals surface area (Å²) in [5.74, 6) is -0.707. The highest BCUT2D eigenvalue weighted by Crippen LogP contribution is 2.28. The summed E-state index contributed by atoms with van der Waals surface area (Å²) in [6, 6.07) is 0. The lowest BCUT2D eigenvalue weighted by Gasteiger charge is -2.28. The van der Waals surface area contributed by atoms with E-state index in [1.807, 2.05) is 19.9 Å². The Labute approximate surface area is 191 Å². The Morgan fingerprint density at radius 2 is 1.84 bits per heavy atom. The third-order valence-electron chi connectivity index (χ3n) is 5.98. The minimum atomic E-state index is -0.711. The molecule has 0 aromatic heterocycles. The molecule has 0 aromatic rings. The van der Waals surface area contributed by atoms with Gasteiger partial charge in [-0.1, -0.05) is 49.5 Å². The van der Waals surface area contributed by atoms with Gasteiger partial charge in [-0.25, -0.2) is 4.79 Å². The summed E-state index contributed by atoms with van der Waals surface area (Å²) in [5.41, 5.74) is 1.03. The van der Waals surface area contributed by atoms with Crippen LogP contribution in [0.15, 0.2) is 48.6 Å². The van der Waals surface area contributed by atoms with Crippen LogP contribution in [0.4, 0.5) is 0 Å². The van der Waals surface area contributed by atoms with Gasteiger partial charge in [0.25, 0.3) is 0 Å². The van der Waals surface area contributed by atoms with E-state index in [1.165, 1.54) is 6.08 Å². The monoisotopic (exact) mass is 446 g/mol. The maximum atomic E-state index is 12.5. The number of cyclic esters (lactones) is 1. The SMILES string of the molecule is C=C1C[C@H](C)C[C@@H]2CC=C[C@@H](C/C=C\C(=O)O[C@H]([C@@H]3COC(C)(C)O3)C/C=C/[C@H](O)C1)O2. The van der Waals surface area contributed by atoms with Crippen molar-refractivity contribution in [1.29, 1.82) is 0 Å². The number of ether oxygens (including phenoxy) is 4. The number of rotatable bonds is 1. The summed E-state index contributed by atoms with van der Waals surface area (Å²) in [6.45, 7) is 10.4. The quantitative estimate of drug-likeness (QED) is 0.476. The first kappa shape index (κ1) is 24.9. The van der Waals surface area contributed by atoms with Crippen LogP contribution in [0, 0.1) is 5.92 Å². The molecular weight excluding hydrogens is 408 g/mol. The van der Waals surface area contributed by atoms with Crippen molar-refractivity contribution in [2.24, 2.45) is 5.92 Å². The van der Waals surface area contributed by atoms with Gasteiger partial charge in [0.2, 0.25) is 0 Å². The van der Waals surface area contributed by atoms with Gasteiger partial charge >= 0.3 is 5.97 Å². The van der Waals surface area contributed by atoms with Gasteiger partial charge < -0.3 is 24.1 Å². The fourth-order valence-corrected chi connectivity index (χ4v) is 4.52. The summed E-state index contributed by atoms with van der Waals surface area (Å²) in [5, 5.41) is 10.4. The average molecular weight is 447 g/mol. The first-order valence-corrected chi connectivity index (χ1v) is 11.7. The van der Waals surface area contributed by atoms with Crippen LogP contribution in [0.3, 0.4) is 0 Å². The molecule has 0 spiro atoms. The Bertz CT molecular complexity index is 737. The Balaban J connectivity index is 1.72. The van der Waals surface area contributed by atoms with Gasteiger partial charge in [0.1, 0.15) is 12.2 Å². The summed E-state index contributed by atoms with van der Waals surface area (Å²) in [7, 11) is 0. The molecule has 3 aliphatic heterocycles. The van der Waals surface area contributed by atoms with Crippen LogP contribution < -0.4 is 0 Å². The highest BCUT2D eigenvalue weighted by molar-refractivity contribution is 5.82. The fraction of sp³-hybridized carbons (Fsp3) is 0.654. The van der Waals surface area contributed by atoms with Crippen LogP contribution in [0.5, 0.6) is 0 Å². The van der Waals surface area contributed by atoms with Crippen LogP contribution in [0.1, 0.15) is 59.3 Å². The molecule has 1 fully saturated rings. The lowest BCUT2D eigenvalue weighted by Crippen LogP contribution is -2.34. The Morgan fingerprint density at radius 3 is 2.59 bits per heavy atom. The van der Waals surface area contributed by atoms with Crippen molar-refractivity contribution < 1.29 is 28.8 Å². The lowest BCUT2D eigenvalue weighted by atomic mass is 9.91. The molecule has 1 N–H and O–H groups in total. The molecule has 0 radical (unpaired) electrons. The number of hydrogen-bond donors (Lipinski definition) is 1. The number of carbonyl (C=O) groups excluding carboxylic acids is 1. The normalized spacial score (nSPS) is 39.0. The van der Waals surface area contributed by atoms with Crippen LogP contribution in [0.2, 0.25) is 0 Å². The van der Waals surface area contributed by atoms with Gasteiger partial charge in [0.05, 0.1) is 24.9 Å². The summed E-state index contributed by atoms with van der Waals surface area (Å²) in [4.78, 5) is 12.5. The second-order valence-corrected chi connectivity index (χ2v) is 9.67. The third-order valence-corrected chi connectivity index (χ3v) is 5.98. The van der Waals surface area contributed by atoms with Gasteiger partial charge in [0.15, 0.2) is 5.79 Å². The zero-order valence-corrected chi connectivity index (χ0v) is 19.6. The van der Waals surface area contributed by atoms with Crippen molar-refractivity contribution in [2.75, 3.05) is 6.61 Å². The van der Waals surface area contributed by atoms with Crippen LogP contribution in [-0.2, 0) is 23.7 Å². The maximum Gasteiger partial charge on any atom is 0.330 e. The molecule has 3 heterocycles. The molecule has 3 aliphatic rings. The van der Waals surface area contributed by atoms with Gasteiger partial charge in [-0.05, 0) is 51.9 Å². The van der Waals surface area contributed by atoms with Crippen molar-refractivity contribution in [1.82, 2.24) is 0 Å². The van der Waals surface area contributed by atoms with Crippen molar-refractivity contribution >= 4 is 5.97 Å². The highest BCUT2D eigenvalue weighted by Gasteiger charge is 2.38. The molecule has 0 aromatic carbocycles. The molecule has 6 nitrogen and oxygen atoms in total. The van der Waals surface area contributed by atoms with Crippen molar-refractivity contribution in [3.05, 3.63) is 48.6 Å². The van der Waals surface area contributed by atoms with Gasteiger partial charge in [0, 0.05) is 12.5 Å². The average Bonchev–Trinajstić information content (AvgIpc) is 3.06. The maximum absolute atomic E-state index is 12.5. The molecule has 178 valence electrons. The van der Waals surface area contributed by atoms with Gasteiger partial charge in [-0.15, -0.1) is 0 Å². The standard InChI is InChI=1S/C26H38O6/c1-18-14-19(2)16-22-11-6-9-21(30-22)10-7-13-25(28)31-23(12-5-8-20(27)15-18)24-17-29-26(3,4)32-24/h5-9,13,19-24,27H,1,10-12,14-17H2,2-4H3/b8-5+,13-7-/t19-,20-,21-,22-,23-,24-/m0/s1. The molecule has 0 unspecified atom stereocenters. The zero-order chi connectivity index (χ0) is 23.1. The van der Waals surface area contributed by atoms with E-state index in [2.05, 4.69) is 25.7 Å². The van der Waals surface area contributed by atoms with Gasteiger partial charge in [-0.3, -0.25) is 0 Å². The number of esters is 1. The summed E-state index contributed by atoms with van der Waals surface area (Å²) >= 11 is 0. The van der Waals surface area contributed by atoms with Crippen molar-refractivity contribution in [3.8, 4) is 0 Å². The second kappa shape index (κ2) is 11.4. The Hall–Kier alpha value is -1.73. The van der Waals surface area contributed by atoms with E-state index in [0.717, 1.165) is 24.8 Å². The van der Waals surface area contributed by atoms with Crippen molar-refractivity contribution in [3.63, 3.8) is 0 Å². The van der Waals surface area contributed by atoms with Crippen LogP contribution in [0.25, 0.3) is 0 Å². The molecule has 6 atom stereocenters. The van der Waals surface area contributed by atoms with E-state index in [4.69, 9.17) is 18.9 Å². The molecule has 0 amide bonds. The molecule has 2 bridgehead atoms. The molecule has 3 rings (SSSR count). The molecular formula is C26H38O6. The first-order valence-electron chi connectivity index (χ1n) is 11.7. The number of aliphatic hydroxyl groups excluding tert-OH is 1. The largest absolute Gasteiger partial charge is 0.456 e. The predicted molar refractivity (Wildman–Crippen MR) is 123 cm³/mol. The van der Waals surface area contributed by atoms with E-state index < -0.39 is 24.0 Å². The van der Waals surface area contributed by atoms with Crippen molar-refractivity contribution in [2.45, 2.75) is 95.6 Å². The first-order chi connectivity index (χ1) is 15.2. The molecule has 0 saturated carbocycles. The van der Waals surface area contributed by atoms with Gasteiger partial charge in [-0.2, -0.15) is 0 Å². The number of carbonyl (C=O) groups is 1. The zero-order valence-electron chi connectivity index (χ0n) is 19.6. The van der Waals surface area contributed by atoms with E-state index in [0.29, 0.717) is 31.8 Å². The lowest BCUT2D eigenvalue weighted by molar-refractivity contribution is -0.166. The number of fused-ring (bicyclic) bond motifs is 2. The molecule has 1 saturated heterocycles. The van der Waals surface area contributed by atoms with E-state index in [-0.39, 0.29) is 18.3 Å². The Morgan fingerprint density at radius 1 is 1.06 bits per heavy atom. The highest BCUT2D eigenvalue weighted by atomic mass is 16.8. The predicted octanol–water partition coefficient (Wildman–Crippen LogP) is 4.39. The van der Waals surface area contributed by atoms with E-state index >= 15 is 0 Å². The minimum Gasteiger partial charge on any atom is -0.456 e. The smallest absolute Gasteiger partial charge is 0.330 e. The molecule has 0 aliphatic carbocycles. The third kappa shape index (κ3) is 8.00. The summed E-state index contributed by atoms with van der Waals surface area (Å²) < 4.78 is 23.5. The Kier molecular flexibility index (Phi) is 8.88. The van der Waals surface area contributed by atoms with E-state index in [9.17, 15) is 9.90 Å². The fourth-order valence-electron chi connectivity index (χ4n) is 4.52. The minimum absolute atomic E-state index is 0.0417. The molecule has 6 heteroatoms. The van der Waals surface area contributed by atoms with E-state index in [1.54, 1.807) is 12.2 Å². The van der Waals surface area contributed by atoms with Crippen LogP contribution >= 0.6 is 0 Å². The topological polar surface area (TPSA) is 74.2 Å². The number of hydrogen-bond acceptors (Lipinski definition) is 6. The number of aliphatic hydroxyl groups is 1. The van der Waals surface area contributed by atoms with Crippen LogP contribution in [-0.4, -0.2) is 54.0 Å².